The highest BCUT2D eigenvalue weighted by atomic mass is 16.4. The molecule has 1 saturated heterocycles. The van der Waals surface area contributed by atoms with Crippen LogP contribution < -0.4 is 10.6 Å². The van der Waals surface area contributed by atoms with Gasteiger partial charge in [-0.05, 0) is 56.6 Å². The molecule has 0 aromatic heterocycles. The lowest BCUT2D eigenvalue weighted by atomic mass is 9.86. The van der Waals surface area contributed by atoms with Gasteiger partial charge in [0.25, 0.3) is 0 Å². The molecule has 2 fully saturated rings. The fourth-order valence-corrected chi connectivity index (χ4v) is 4.43. The third-order valence-corrected chi connectivity index (χ3v) is 6.07. The maximum atomic E-state index is 12.3. The lowest BCUT2D eigenvalue weighted by Crippen LogP contribution is -2.46. The van der Waals surface area contributed by atoms with E-state index in [2.05, 4.69) is 39.8 Å². The Bertz CT molecular complexity index is 629. The van der Waals surface area contributed by atoms with E-state index in [4.69, 9.17) is 5.11 Å². The minimum atomic E-state index is -0.712. The van der Waals surface area contributed by atoms with Gasteiger partial charge in [-0.1, -0.05) is 36.8 Å². The van der Waals surface area contributed by atoms with Crippen LogP contribution in [0.4, 0.5) is 4.79 Å². The zero-order chi connectivity index (χ0) is 19.8. The van der Waals surface area contributed by atoms with E-state index < -0.39 is 5.97 Å². The van der Waals surface area contributed by atoms with E-state index in [1.54, 1.807) is 0 Å². The van der Waals surface area contributed by atoms with Crippen LogP contribution in [0.3, 0.4) is 0 Å². The molecule has 1 aromatic rings. The predicted octanol–water partition coefficient (Wildman–Crippen LogP) is 3.23. The Kier molecular flexibility index (Phi) is 7.71. The first-order valence-electron chi connectivity index (χ1n) is 10.6. The van der Waals surface area contributed by atoms with Crippen LogP contribution >= 0.6 is 0 Å². The second-order valence-corrected chi connectivity index (χ2v) is 8.32. The number of benzene rings is 1. The van der Waals surface area contributed by atoms with Gasteiger partial charge in [0.1, 0.15) is 0 Å². The molecule has 2 aliphatic rings. The Hall–Kier alpha value is -2.08. The minimum Gasteiger partial charge on any atom is -0.481 e. The Morgan fingerprint density at radius 3 is 2.50 bits per heavy atom. The predicted molar refractivity (Wildman–Crippen MR) is 109 cm³/mol. The Morgan fingerprint density at radius 1 is 1.04 bits per heavy atom. The summed E-state index contributed by atoms with van der Waals surface area (Å²) >= 11 is 0. The molecule has 2 amide bonds. The van der Waals surface area contributed by atoms with Gasteiger partial charge in [-0.15, -0.1) is 0 Å². The summed E-state index contributed by atoms with van der Waals surface area (Å²) in [6, 6.07) is 10.5. The van der Waals surface area contributed by atoms with Crippen LogP contribution in [0, 0.1) is 11.8 Å². The van der Waals surface area contributed by atoms with E-state index in [0.717, 1.165) is 38.9 Å². The number of carboxylic acid groups (broad SMARTS) is 1. The van der Waals surface area contributed by atoms with Crippen LogP contribution in [0.1, 0.15) is 50.5 Å². The van der Waals surface area contributed by atoms with Crippen molar-refractivity contribution in [1.29, 1.82) is 0 Å². The van der Waals surface area contributed by atoms with Gasteiger partial charge >= 0.3 is 12.0 Å². The second-order valence-electron chi connectivity index (χ2n) is 8.32. The molecule has 6 heteroatoms. The molecule has 0 bridgehead atoms. The number of hydrogen-bond acceptors (Lipinski definition) is 3. The minimum absolute atomic E-state index is 0.0966. The summed E-state index contributed by atoms with van der Waals surface area (Å²) in [5.41, 5.74) is 1.34. The van der Waals surface area contributed by atoms with E-state index in [1.165, 1.54) is 18.4 Å². The largest absolute Gasteiger partial charge is 0.481 e. The molecule has 1 atom stereocenters. The van der Waals surface area contributed by atoms with Gasteiger partial charge in [0, 0.05) is 25.7 Å². The fraction of sp³-hybridized carbons (Fsp3) is 0.636. The standard InChI is InChI=1S/C22H33N3O3/c26-21(27)19-9-11-20(12-10-19)24-22(28)23-14-18-8-4-5-13-25(16-18)15-17-6-2-1-3-7-17/h1-3,6-7,18-20H,4-5,8-16H2,(H,26,27)(H2,23,24,28). The van der Waals surface area contributed by atoms with Crippen molar-refractivity contribution in [2.45, 2.75) is 57.5 Å². The first kappa shape index (κ1) is 20.6. The number of rotatable bonds is 6. The number of carbonyl (C=O) groups excluding carboxylic acids is 1. The highest BCUT2D eigenvalue weighted by Gasteiger charge is 2.27. The average molecular weight is 388 g/mol. The smallest absolute Gasteiger partial charge is 0.315 e. The van der Waals surface area contributed by atoms with Crippen LogP contribution in [0.25, 0.3) is 0 Å². The third kappa shape index (κ3) is 6.51. The highest BCUT2D eigenvalue weighted by molar-refractivity contribution is 5.74. The monoisotopic (exact) mass is 387 g/mol. The number of carbonyl (C=O) groups is 2. The zero-order valence-electron chi connectivity index (χ0n) is 16.6. The molecule has 0 spiro atoms. The maximum absolute atomic E-state index is 12.3. The van der Waals surface area contributed by atoms with Crippen molar-refractivity contribution in [2.24, 2.45) is 11.8 Å². The molecule has 1 heterocycles. The molecule has 1 saturated carbocycles. The molecule has 3 rings (SSSR count). The number of hydrogen-bond donors (Lipinski definition) is 3. The molecule has 3 N–H and O–H groups in total. The second kappa shape index (κ2) is 10.5. The Labute approximate surface area is 167 Å². The van der Waals surface area contributed by atoms with Gasteiger partial charge in [0.15, 0.2) is 0 Å². The molecule has 1 unspecified atom stereocenters. The number of nitrogens with one attached hydrogen (secondary N) is 2. The number of urea groups is 1. The van der Waals surface area contributed by atoms with Gasteiger partial charge in [0.2, 0.25) is 0 Å². The van der Waals surface area contributed by atoms with Crippen molar-refractivity contribution in [3.05, 3.63) is 35.9 Å². The van der Waals surface area contributed by atoms with Gasteiger partial charge in [-0.2, -0.15) is 0 Å². The molecule has 0 radical (unpaired) electrons. The van der Waals surface area contributed by atoms with Crippen molar-refractivity contribution >= 4 is 12.0 Å². The molecule has 6 nitrogen and oxygen atoms in total. The van der Waals surface area contributed by atoms with Crippen molar-refractivity contribution in [1.82, 2.24) is 15.5 Å². The molecular weight excluding hydrogens is 354 g/mol. The Morgan fingerprint density at radius 2 is 1.79 bits per heavy atom. The van der Waals surface area contributed by atoms with Crippen molar-refractivity contribution in [2.75, 3.05) is 19.6 Å². The van der Waals surface area contributed by atoms with E-state index in [-0.39, 0.29) is 18.0 Å². The molecule has 28 heavy (non-hydrogen) atoms. The molecule has 1 aliphatic carbocycles. The number of likely N-dealkylation sites (tertiary alicyclic amines) is 1. The lowest BCUT2D eigenvalue weighted by Gasteiger charge is -2.28. The first-order chi connectivity index (χ1) is 13.6. The zero-order valence-corrected chi connectivity index (χ0v) is 16.6. The van der Waals surface area contributed by atoms with Crippen LogP contribution in [0.5, 0.6) is 0 Å². The van der Waals surface area contributed by atoms with E-state index in [9.17, 15) is 9.59 Å². The highest BCUT2D eigenvalue weighted by Crippen LogP contribution is 2.24. The molecule has 1 aromatic carbocycles. The topological polar surface area (TPSA) is 81.7 Å². The third-order valence-electron chi connectivity index (χ3n) is 6.07. The van der Waals surface area contributed by atoms with Crippen LogP contribution in [0.15, 0.2) is 30.3 Å². The summed E-state index contributed by atoms with van der Waals surface area (Å²) in [5.74, 6) is -0.487. The summed E-state index contributed by atoms with van der Waals surface area (Å²) in [4.78, 5) is 25.8. The van der Waals surface area contributed by atoms with Crippen molar-refractivity contribution in [3.8, 4) is 0 Å². The van der Waals surface area contributed by atoms with E-state index in [0.29, 0.717) is 25.3 Å². The number of nitrogens with zero attached hydrogens (tertiary/aromatic N) is 1. The summed E-state index contributed by atoms with van der Waals surface area (Å²) in [7, 11) is 0. The van der Waals surface area contributed by atoms with Crippen LogP contribution in [-0.2, 0) is 11.3 Å². The fourth-order valence-electron chi connectivity index (χ4n) is 4.43. The van der Waals surface area contributed by atoms with Gasteiger partial charge in [-0.25, -0.2) is 4.79 Å². The van der Waals surface area contributed by atoms with Gasteiger partial charge in [0.05, 0.1) is 5.92 Å². The van der Waals surface area contributed by atoms with E-state index in [1.807, 2.05) is 6.07 Å². The summed E-state index contributed by atoms with van der Waals surface area (Å²) < 4.78 is 0. The first-order valence-corrected chi connectivity index (χ1v) is 10.6. The normalized spacial score (nSPS) is 26.2. The van der Waals surface area contributed by atoms with Gasteiger partial charge in [-0.3, -0.25) is 9.69 Å². The average Bonchev–Trinajstić information content (AvgIpc) is 2.92. The summed E-state index contributed by atoms with van der Waals surface area (Å²) in [6.07, 6.45) is 6.36. The number of aliphatic carboxylic acids is 1. The Balaban J connectivity index is 1.39. The number of amides is 2. The number of carboxylic acids is 1. The van der Waals surface area contributed by atoms with Crippen molar-refractivity contribution in [3.63, 3.8) is 0 Å². The maximum Gasteiger partial charge on any atom is 0.315 e. The van der Waals surface area contributed by atoms with Crippen molar-refractivity contribution < 1.29 is 14.7 Å². The summed E-state index contributed by atoms with van der Waals surface area (Å²) in [5, 5.41) is 15.1. The van der Waals surface area contributed by atoms with Gasteiger partial charge < -0.3 is 15.7 Å². The molecule has 1 aliphatic heterocycles. The SMILES string of the molecule is O=C(NCC1CCCCN(Cc2ccccc2)C1)NC1CCC(C(=O)O)CC1. The van der Waals surface area contributed by atoms with Crippen LogP contribution in [-0.4, -0.2) is 47.7 Å². The summed E-state index contributed by atoms with van der Waals surface area (Å²) in [6.45, 7) is 3.79. The molecular formula is C22H33N3O3. The quantitative estimate of drug-likeness (QED) is 0.700. The van der Waals surface area contributed by atoms with Crippen LogP contribution in [0.2, 0.25) is 0 Å². The lowest BCUT2D eigenvalue weighted by molar-refractivity contribution is -0.142. The van der Waals surface area contributed by atoms with E-state index >= 15 is 0 Å². The molecule has 154 valence electrons.